The van der Waals surface area contributed by atoms with Crippen molar-refractivity contribution in [3.05, 3.63) is 217 Å². The monoisotopic (exact) mass is 1170 g/mol. The van der Waals surface area contributed by atoms with Crippen LogP contribution in [0.2, 0.25) is 0 Å². The van der Waals surface area contributed by atoms with Crippen LogP contribution in [0.1, 0.15) is 79.0 Å². The zero-order valence-corrected chi connectivity index (χ0v) is 46.7. The number of hydrogen-bond donors (Lipinski definition) is 0. The molecule has 1 aliphatic heterocycles. The number of nitrogens with zero attached hydrogens (tertiary/aromatic N) is 5. The molecule has 12 rings (SSSR count). The summed E-state index contributed by atoms with van der Waals surface area (Å²) in [5, 5.41) is 4.37. The van der Waals surface area contributed by atoms with Crippen molar-refractivity contribution in [3.8, 4) is 39.6 Å². The Labute approximate surface area is 459 Å². The van der Waals surface area contributed by atoms with Crippen LogP contribution in [0, 0.1) is 25.4 Å². The Morgan fingerprint density at radius 3 is 1.79 bits per heavy atom. The summed E-state index contributed by atoms with van der Waals surface area (Å²) in [6, 6.07) is 65.7. The summed E-state index contributed by atoms with van der Waals surface area (Å²) in [6.07, 6.45) is 1.90. The van der Waals surface area contributed by atoms with E-state index in [9.17, 15) is 0 Å². The van der Waals surface area contributed by atoms with E-state index >= 15 is 0 Å². The Morgan fingerprint density at radius 1 is 0.560 bits per heavy atom. The van der Waals surface area contributed by atoms with Crippen molar-refractivity contribution in [2.24, 2.45) is 0 Å². The van der Waals surface area contributed by atoms with Crippen LogP contribution >= 0.6 is 11.3 Å². The van der Waals surface area contributed by atoms with E-state index < -0.39 is 0 Å². The fourth-order valence-corrected chi connectivity index (χ4v) is 11.8. The second kappa shape index (κ2) is 18.7. The third-order valence-corrected chi connectivity index (χ3v) is 15.7. The second-order valence-corrected chi connectivity index (χ2v) is 23.5. The molecular weight excluding hydrogens is 1120 g/mol. The molecule has 0 spiro atoms. The maximum atomic E-state index is 7.94. The molecule has 0 unspecified atom stereocenters. The van der Waals surface area contributed by atoms with Gasteiger partial charge in [-0.05, 0) is 90.6 Å². The van der Waals surface area contributed by atoms with Gasteiger partial charge in [0.25, 0.3) is 0 Å². The van der Waals surface area contributed by atoms with Gasteiger partial charge in [0.15, 0.2) is 0 Å². The van der Waals surface area contributed by atoms with Crippen LogP contribution in [0.3, 0.4) is 0 Å². The topological polar surface area (TPSA) is 37.9 Å². The third kappa shape index (κ3) is 8.78. The zero-order chi connectivity index (χ0) is 51.3. The van der Waals surface area contributed by atoms with Gasteiger partial charge in [-0.1, -0.05) is 171 Å². The van der Waals surface area contributed by atoms with Crippen molar-refractivity contribution in [1.29, 1.82) is 0 Å². The molecule has 6 nitrogen and oxygen atoms in total. The molecule has 3 aromatic heterocycles. The summed E-state index contributed by atoms with van der Waals surface area (Å²) in [6.45, 7) is 30.4. The summed E-state index contributed by atoms with van der Waals surface area (Å²) < 4.78 is 11.2. The predicted octanol–water partition coefficient (Wildman–Crippen LogP) is 19.1. The fraction of sp³-hybridized carbons (Fsp3) is 0.179. The molecule has 0 aliphatic carbocycles. The molecule has 0 fully saturated rings. The quantitative estimate of drug-likeness (QED) is 0.149. The van der Waals surface area contributed by atoms with E-state index in [0.29, 0.717) is 17.2 Å². The Bertz CT molecular complexity index is 3970. The van der Waals surface area contributed by atoms with Gasteiger partial charge in [0.05, 0.1) is 6.57 Å². The first-order chi connectivity index (χ1) is 35.5. The number of ether oxygens (including phenoxy) is 1. The minimum Gasteiger partial charge on any atom is -0.509 e. The van der Waals surface area contributed by atoms with Crippen molar-refractivity contribution < 1.29 is 25.8 Å². The minimum atomic E-state index is -0.0864. The van der Waals surface area contributed by atoms with Crippen LogP contribution in [0.4, 0.5) is 28.4 Å². The molecule has 0 amide bonds. The first-order valence-electron chi connectivity index (χ1n) is 25.3. The van der Waals surface area contributed by atoms with E-state index in [1.54, 1.807) is 11.3 Å². The third-order valence-electron chi connectivity index (χ3n) is 14.5. The molecule has 0 radical (unpaired) electrons. The summed E-state index contributed by atoms with van der Waals surface area (Å²) >= 11 is 1.68. The van der Waals surface area contributed by atoms with Gasteiger partial charge >= 0.3 is 0 Å². The summed E-state index contributed by atoms with van der Waals surface area (Å²) in [4.78, 5) is 13.4. The second-order valence-electron chi connectivity index (χ2n) is 22.5. The molecule has 0 saturated carbocycles. The van der Waals surface area contributed by atoms with E-state index in [2.05, 4.69) is 234 Å². The van der Waals surface area contributed by atoms with E-state index in [-0.39, 0.29) is 37.3 Å². The number of para-hydroxylation sites is 3. The Hall–Kier alpha value is -7.49. The Balaban J connectivity index is 0.00000602. The fourth-order valence-electron chi connectivity index (χ4n) is 10.4. The van der Waals surface area contributed by atoms with Crippen molar-refractivity contribution in [3.63, 3.8) is 0 Å². The average molecular weight is 1170 g/mol. The predicted molar refractivity (Wildman–Crippen MR) is 310 cm³/mol. The van der Waals surface area contributed by atoms with Gasteiger partial charge < -0.3 is 19.1 Å². The number of rotatable bonds is 7. The van der Waals surface area contributed by atoms with Crippen LogP contribution in [0.25, 0.3) is 74.9 Å². The zero-order valence-electron chi connectivity index (χ0n) is 43.6. The molecule has 8 heteroatoms. The minimum absolute atomic E-state index is 0. The van der Waals surface area contributed by atoms with Gasteiger partial charge in [-0.2, -0.15) is 12.1 Å². The standard InChI is InChI=1S/C67H56N5OS.Pt/c1-65(2,3)44-28-24-42(25-29-44)50-18-14-19-51(43-26-30-45(31-27-43)66(4,5)6)62(50)71-41-70(56-22-11-12-23-57(56)71)47-16-13-17-48(39-47)73-49-32-33-54-59(40-49)72(60-38-46(36-37-69-60)67(7,8)9)58-35-34-53-52-20-15-21-55(68-10)63(52)74-64(53)61(54)58;/h11-38,41H,1-9H3;/q-3;. The Kier molecular flexibility index (Phi) is 12.4. The summed E-state index contributed by atoms with van der Waals surface area (Å²) in [7, 11) is 0. The van der Waals surface area contributed by atoms with Gasteiger partial charge in [0.1, 0.15) is 5.82 Å². The molecule has 0 saturated heterocycles. The average Bonchev–Trinajstić information content (AvgIpc) is 4.10. The molecular formula is C67H56N5OPtS-3. The molecule has 0 bridgehead atoms. The summed E-state index contributed by atoms with van der Waals surface area (Å²) in [5.41, 5.74) is 14.9. The molecule has 0 atom stereocenters. The number of aromatic nitrogens is 2. The van der Waals surface area contributed by atoms with E-state index in [1.807, 2.05) is 36.5 Å². The van der Waals surface area contributed by atoms with E-state index in [1.165, 1.54) is 16.7 Å². The van der Waals surface area contributed by atoms with Crippen molar-refractivity contribution in [2.75, 3.05) is 9.80 Å². The molecule has 1 aliphatic rings. The number of pyridine rings is 1. The van der Waals surface area contributed by atoms with Crippen LogP contribution < -0.4 is 14.5 Å². The van der Waals surface area contributed by atoms with Crippen LogP contribution in [0.15, 0.2) is 170 Å². The molecule has 75 heavy (non-hydrogen) atoms. The molecule has 374 valence electrons. The smallest absolute Gasteiger partial charge is 0.204 e. The number of thiophene rings is 1. The van der Waals surface area contributed by atoms with Gasteiger partial charge in [-0.15, -0.1) is 59.4 Å². The number of benzene rings is 8. The number of hydrogen-bond acceptors (Lipinski definition) is 5. The Morgan fingerprint density at radius 2 is 1.15 bits per heavy atom. The summed E-state index contributed by atoms with van der Waals surface area (Å²) in [5.74, 6) is 1.93. The van der Waals surface area contributed by atoms with Gasteiger partial charge in [-0.3, -0.25) is 0 Å². The van der Waals surface area contributed by atoms with Crippen LogP contribution in [-0.2, 0) is 37.3 Å². The first-order valence-corrected chi connectivity index (χ1v) is 26.1. The van der Waals surface area contributed by atoms with Gasteiger partial charge in [-0.25, -0.2) is 9.83 Å². The van der Waals surface area contributed by atoms with Crippen molar-refractivity contribution >= 4 is 81.8 Å². The van der Waals surface area contributed by atoms with Crippen LogP contribution in [0.5, 0.6) is 11.5 Å². The first kappa shape index (κ1) is 49.7. The SMILES string of the molecule is [C-]#[N+]c1cccc2c1sc1c2ccc2c1c1ccc(Oc3[c-]c(N4[CH-]N(c5c(-c6ccc(C(C)(C)C)cc6)cccc5-c5ccc(C(C)(C)C)cc5)c5ccccc54)ccc3)[c-]c1n2-c1cc(C(C)(C)C)ccn1.[Pt]. The number of fused-ring (bicyclic) bond motifs is 8. The molecule has 0 N–H and O–H groups in total. The van der Waals surface area contributed by atoms with E-state index in [4.69, 9.17) is 16.3 Å². The van der Waals surface area contributed by atoms with Gasteiger partial charge in [0.2, 0.25) is 5.69 Å². The maximum Gasteiger partial charge on any atom is 0.204 e. The van der Waals surface area contributed by atoms with Crippen LogP contribution in [-0.4, -0.2) is 9.55 Å². The normalized spacial score (nSPS) is 12.9. The molecule has 4 heterocycles. The maximum absolute atomic E-state index is 7.94. The molecule has 11 aromatic rings. The van der Waals surface area contributed by atoms with E-state index in [0.717, 1.165) is 92.8 Å². The number of anilines is 4. The largest absolute Gasteiger partial charge is 0.509 e. The van der Waals surface area contributed by atoms with Gasteiger partial charge in [0, 0.05) is 81.9 Å². The van der Waals surface area contributed by atoms with Crippen molar-refractivity contribution in [1.82, 2.24) is 9.55 Å². The molecule has 8 aromatic carbocycles. The van der Waals surface area contributed by atoms with Crippen molar-refractivity contribution in [2.45, 2.75) is 78.6 Å².